The molecule has 0 radical (unpaired) electrons. The number of ether oxygens (including phenoxy) is 2. The fourth-order valence-electron chi connectivity index (χ4n) is 3.86. The Morgan fingerprint density at radius 2 is 1.53 bits per heavy atom. The summed E-state index contributed by atoms with van der Waals surface area (Å²) in [4.78, 5) is 11.8. The molecule has 0 heterocycles. The zero-order chi connectivity index (χ0) is 27.3. The Balaban J connectivity index is 1.44. The smallest absolute Gasteiger partial charge is 0.322 e. The van der Waals surface area contributed by atoms with Crippen LogP contribution < -0.4 is 19.9 Å². The van der Waals surface area contributed by atoms with Crippen molar-refractivity contribution in [1.29, 1.82) is 5.41 Å². The highest BCUT2D eigenvalue weighted by atomic mass is 32.2. The molecule has 38 heavy (non-hydrogen) atoms. The Bertz CT molecular complexity index is 1570. The van der Waals surface area contributed by atoms with Crippen molar-refractivity contribution in [3.8, 4) is 11.5 Å². The first-order chi connectivity index (χ1) is 18.1. The molecule has 10 heteroatoms. The largest absolute Gasteiger partial charge is 0.497 e. The van der Waals surface area contributed by atoms with Crippen LogP contribution in [0.2, 0.25) is 0 Å². The summed E-state index contributed by atoms with van der Waals surface area (Å²) in [7, 11) is -2.58. The summed E-state index contributed by atoms with van der Waals surface area (Å²) in [6, 6.07) is 22.6. The van der Waals surface area contributed by atoms with Crippen LogP contribution in [-0.2, 0) is 27.8 Å². The summed E-state index contributed by atoms with van der Waals surface area (Å²) < 4.78 is 38.7. The third-order valence-corrected chi connectivity index (χ3v) is 7.44. The first kappa shape index (κ1) is 26.6. The standard InChI is InChI=1S/C28H27N3O6S/c1-36-23-10-12-25(13-11-23)38(34,35)31-26(28(32)33)15-19-4-7-22-16-24(9-8-21(22)14-19)37-17-18-2-5-20(6-3-18)27(29)30/h2-14,16,26,31H,15,17H2,1H3,(H3,29,30)(H,32,33). The Kier molecular flexibility index (Phi) is 7.94. The minimum atomic E-state index is -4.05. The highest BCUT2D eigenvalue weighted by Crippen LogP contribution is 2.24. The SMILES string of the molecule is COc1ccc(S(=O)(=O)NC(Cc2ccc3cc(OCc4ccc(C(=N)N)cc4)ccc3c2)C(=O)O)cc1. The monoisotopic (exact) mass is 533 g/mol. The van der Waals surface area contributed by atoms with Gasteiger partial charge in [-0.1, -0.05) is 48.5 Å². The highest BCUT2D eigenvalue weighted by molar-refractivity contribution is 7.89. The van der Waals surface area contributed by atoms with E-state index in [1.165, 1.54) is 31.4 Å². The molecule has 1 atom stereocenters. The van der Waals surface area contributed by atoms with E-state index in [9.17, 15) is 18.3 Å². The Hall–Kier alpha value is -4.41. The second-order valence-corrected chi connectivity index (χ2v) is 10.3. The summed E-state index contributed by atoms with van der Waals surface area (Å²) in [5, 5.41) is 18.9. The lowest BCUT2D eigenvalue weighted by molar-refractivity contribution is -0.138. The Labute approximate surface area is 220 Å². The minimum absolute atomic E-state index is 0.00990. The second kappa shape index (κ2) is 11.3. The zero-order valence-electron chi connectivity index (χ0n) is 20.5. The van der Waals surface area contributed by atoms with Gasteiger partial charge in [0.2, 0.25) is 10.0 Å². The number of nitrogens with one attached hydrogen (secondary N) is 2. The number of benzene rings is 4. The summed E-state index contributed by atoms with van der Waals surface area (Å²) in [6.07, 6.45) is -0.0326. The second-order valence-electron chi connectivity index (χ2n) is 8.63. The van der Waals surface area contributed by atoms with Gasteiger partial charge in [-0.2, -0.15) is 4.72 Å². The lowest BCUT2D eigenvalue weighted by Crippen LogP contribution is -2.42. The fourth-order valence-corrected chi connectivity index (χ4v) is 5.05. The molecular weight excluding hydrogens is 506 g/mol. The molecule has 4 aromatic carbocycles. The van der Waals surface area contributed by atoms with Gasteiger partial charge in [-0.25, -0.2) is 8.42 Å². The molecular formula is C28H27N3O6S. The molecule has 1 unspecified atom stereocenters. The molecule has 0 bridgehead atoms. The fraction of sp³-hybridized carbons (Fsp3) is 0.143. The maximum Gasteiger partial charge on any atom is 0.322 e. The van der Waals surface area contributed by atoms with Gasteiger partial charge in [0.1, 0.15) is 30.0 Å². The van der Waals surface area contributed by atoms with E-state index in [0.717, 1.165) is 16.3 Å². The number of aliphatic carboxylic acids is 1. The van der Waals surface area contributed by atoms with E-state index >= 15 is 0 Å². The number of amidine groups is 1. The molecule has 0 aliphatic carbocycles. The number of fused-ring (bicyclic) bond motifs is 1. The van der Waals surface area contributed by atoms with Crippen LogP contribution in [0.1, 0.15) is 16.7 Å². The number of carboxylic acids is 1. The molecule has 0 saturated carbocycles. The van der Waals surface area contributed by atoms with Gasteiger partial charge in [0, 0.05) is 5.56 Å². The number of hydrogen-bond donors (Lipinski definition) is 4. The van der Waals surface area contributed by atoms with E-state index in [1.807, 2.05) is 42.5 Å². The normalized spacial score (nSPS) is 12.1. The van der Waals surface area contributed by atoms with Crippen LogP contribution in [0.15, 0.2) is 89.8 Å². The molecule has 9 nitrogen and oxygen atoms in total. The number of hydrogen-bond acceptors (Lipinski definition) is 6. The van der Waals surface area contributed by atoms with Gasteiger partial charge in [0.25, 0.3) is 0 Å². The zero-order valence-corrected chi connectivity index (χ0v) is 21.4. The molecule has 0 aliphatic heterocycles. The molecule has 4 aromatic rings. The molecule has 4 rings (SSSR count). The average Bonchev–Trinajstić information content (AvgIpc) is 2.91. The molecule has 0 fully saturated rings. The average molecular weight is 534 g/mol. The van der Waals surface area contributed by atoms with Gasteiger partial charge in [-0.05, 0) is 64.7 Å². The topological polar surface area (TPSA) is 152 Å². The van der Waals surface area contributed by atoms with Crippen molar-refractivity contribution >= 4 is 32.6 Å². The molecule has 0 amide bonds. The highest BCUT2D eigenvalue weighted by Gasteiger charge is 2.26. The Morgan fingerprint density at radius 3 is 2.16 bits per heavy atom. The van der Waals surface area contributed by atoms with Gasteiger partial charge in [-0.15, -0.1) is 0 Å². The van der Waals surface area contributed by atoms with Gasteiger partial charge in [0.15, 0.2) is 0 Å². The van der Waals surface area contributed by atoms with E-state index in [1.54, 1.807) is 18.2 Å². The molecule has 0 spiro atoms. The predicted octanol–water partition coefficient (Wildman–Crippen LogP) is 3.69. The first-order valence-corrected chi connectivity index (χ1v) is 13.1. The summed E-state index contributed by atoms with van der Waals surface area (Å²) in [6.45, 7) is 0.344. The van der Waals surface area contributed by atoms with Crippen molar-refractivity contribution in [2.45, 2.75) is 24.0 Å². The number of carboxylic acid groups (broad SMARTS) is 1. The molecule has 0 aromatic heterocycles. The van der Waals surface area contributed by atoms with Gasteiger partial charge >= 0.3 is 5.97 Å². The number of nitrogen functional groups attached to an aromatic ring is 1. The molecule has 0 saturated heterocycles. The maximum absolute atomic E-state index is 12.8. The third-order valence-electron chi connectivity index (χ3n) is 5.95. The van der Waals surface area contributed by atoms with Crippen molar-refractivity contribution in [3.05, 3.63) is 102 Å². The van der Waals surface area contributed by atoms with Crippen LogP contribution in [0.4, 0.5) is 0 Å². The van der Waals surface area contributed by atoms with Crippen molar-refractivity contribution < 1.29 is 27.8 Å². The van der Waals surface area contributed by atoms with Crippen LogP contribution in [0.5, 0.6) is 11.5 Å². The summed E-state index contributed by atoms with van der Waals surface area (Å²) in [5.41, 5.74) is 7.73. The summed E-state index contributed by atoms with van der Waals surface area (Å²) in [5.74, 6) is -0.110. The lowest BCUT2D eigenvalue weighted by atomic mass is 10.0. The summed E-state index contributed by atoms with van der Waals surface area (Å²) >= 11 is 0. The number of sulfonamides is 1. The third kappa shape index (κ3) is 6.47. The molecule has 0 aliphatic rings. The number of rotatable bonds is 11. The van der Waals surface area contributed by atoms with Crippen LogP contribution >= 0.6 is 0 Å². The van der Waals surface area contributed by atoms with Crippen molar-refractivity contribution in [3.63, 3.8) is 0 Å². The van der Waals surface area contributed by atoms with Crippen LogP contribution in [-0.4, -0.2) is 38.5 Å². The number of methoxy groups -OCH3 is 1. The van der Waals surface area contributed by atoms with E-state index < -0.39 is 22.0 Å². The van der Waals surface area contributed by atoms with E-state index in [-0.39, 0.29) is 17.2 Å². The van der Waals surface area contributed by atoms with Crippen molar-refractivity contribution in [1.82, 2.24) is 4.72 Å². The quantitative estimate of drug-likeness (QED) is 0.169. The van der Waals surface area contributed by atoms with Crippen LogP contribution in [0.25, 0.3) is 10.8 Å². The molecule has 5 N–H and O–H groups in total. The van der Waals surface area contributed by atoms with E-state index in [2.05, 4.69) is 4.72 Å². The number of carbonyl (C=O) groups is 1. The minimum Gasteiger partial charge on any atom is -0.497 e. The van der Waals surface area contributed by atoms with Crippen LogP contribution in [0, 0.1) is 5.41 Å². The van der Waals surface area contributed by atoms with Gasteiger partial charge in [0.05, 0.1) is 12.0 Å². The van der Waals surface area contributed by atoms with E-state index in [0.29, 0.717) is 29.2 Å². The van der Waals surface area contributed by atoms with Crippen molar-refractivity contribution in [2.75, 3.05) is 7.11 Å². The van der Waals surface area contributed by atoms with Gasteiger partial charge < -0.3 is 20.3 Å². The maximum atomic E-state index is 12.8. The first-order valence-electron chi connectivity index (χ1n) is 11.6. The van der Waals surface area contributed by atoms with Crippen LogP contribution in [0.3, 0.4) is 0 Å². The lowest BCUT2D eigenvalue weighted by Gasteiger charge is -2.16. The van der Waals surface area contributed by atoms with Crippen molar-refractivity contribution in [2.24, 2.45) is 5.73 Å². The molecule has 196 valence electrons. The predicted molar refractivity (Wildman–Crippen MR) is 144 cm³/mol. The number of nitrogens with two attached hydrogens (primary N) is 1. The van der Waals surface area contributed by atoms with E-state index in [4.69, 9.17) is 20.6 Å². The Morgan fingerprint density at radius 1 is 0.921 bits per heavy atom. The van der Waals surface area contributed by atoms with Gasteiger partial charge in [-0.3, -0.25) is 10.2 Å².